The summed E-state index contributed by atoms with van der Waals surface area (Å²) >= 11 is 0. The number of carbonyl (C=O) groups is 4. The number of hydrogen-bond donors (Lipinski definition) is 2. The van der Waals surface area contributed by atoms with E-state index in [1.165, 1.54) is 0 Å². The Kier molecular flexibility index (Phi) is 20.7. The highest BCUT2D eigenvalue weighted by molar-refractivity contribution is 6.03. The van der Waals surface area contributed by atoms with Crippen LogP contribution in [0.15, 0.2) is 11.8 Å². The van der Waals surface area contributed by atoms with Crippen molar-refractivity contribution < 1.29 is 24.3 Å². The molecule has 0 spiro atoms. The van der Waals surface area contributed by atoms with Crippen LogP contribution in [0.2, 0.25) is 0 Å². The SMILES string of the molecule is C.C.CC(C)(C)C(=O)/C=C(\N)C(C)(C)C.CC(C)(C)C(=O)CC(=O)C(C)(C)C.CC(C)(C)C(=O)CC(O)C(C)(C)C. The molecule has 0 fully saturated rings. The molecule has 6 heteroatoms. The molecule has 0 aliphatic heterocycles. The number of nitrogens with two attached hydrogens (primary N) is 1. The standard InChI is InChI=1S/C11H21NO.C11H22O2.C11H20O2.2CH4/c3*1-10(2,3)8(12)7-9(13)11(4,5)6;;/h7H,12H2,1-6H3;8,12H,7H2,1-6H3;7H2,1-6H3;2*1H4/b8-7-;;;;. The topological polar surface area (TPSA) is 115 Å². The van der Waals surface area contributed by atoms with E-state index in [0.717, 1.165) is 0 Å². The van der Waals surface area contributed by atoms with Gasteiger partial charge in [-0.25, -0.2) is 0 Å². The molecule has 0 saturated heterocycles. The van der Waals surface area contributed by atoms with Crippen molar-refractivity contribution in [3.05, 3.63) is 11.8 Å². The average Bonchev–Trinajstić information content (AvgIpc) is 2.64. The third kappa shape index (κ3) is 23.4. The first kappa shape index (κ1) is 48.9. The van der Waals surface area contributed by atoms with Gasteiger partial charge in [0.2, 0.25) is 0 Å². The van der Waals surface area contributed by atoms with Crippen LogP contribution in [0.5, 0.6) is 0 Å². The smallest absolute Gasteiger partial charge is 0.162 e. The molecule has 41 heavy (non-hydrogen) atoms. The molecule has 0 aliphatic carbocycles. The van der Waals surface area contributed by atoms with Crippen LogP contribution in [-0.4, -0.2) is 34.3 Å². The first-order valence-electron chi connectivity index (χ1n) is 13.9. The van der Waals surface area contributed by atoms with Crippen LogP contribution in [0, 0.1) is 32.5 Å². The van der Waals surface area contributed by atoms with Crippen molar-refractivity contribution in [2.75, 3.05) is 0 Å². The molecule has 6 nitrogen and oxygen atoms in total. The molecule has 0 heterocycles. The van der Waals surface area contributed by atoms with Crippen LogP contribution in [0.1, 0.15) is 152 Å². The first-order chi connectivity index (χ1) is 16.6. The van der Waals surface area contributed by atoms with E-state index in [-0.39, 0.29) is 72.5 Å². The Morgan fingerprint density at radius 3 is 1.05 bits per heavy atom. The second-order valence-electron chi connectivity index (χ2n) is 16.7. The van der Waals surface area contributed by atoms with Crippen LogP contribution < -0.4 is 5.73 Å². The number of Topliss-reactive ketones (excluding diaryl/α,β-unsaturated/α-hetero) is 3. The summed E-state index contributed by atoms with van der Waals surface area (Å²) in [6.07, 6.45) is 1.33. The highest BCUT2D eigenvalue weighted by Gasteiger charge is 2.30. The third-order valence-corrected chi connectivity index (χ3v) is 6.10. The van der Waals surface area contributed by atoms with Crippen molar-refractivity contribution in [1.29, 1.82) is 0 Å². The summed E-state index contributed by atoms with van der Waals surface area (Å²) in [5.74, 6) is 0.245. The summed E-state index contributed by atoms with van der Waals surface area (Å²) < 4.78 is 0. The molecule has 0 aliphatic rings. The van der Waals surface area contributed by atoms with Gasteiger partial charge in [-0.2, -0.15) is 0 Å². The van der Waals surface area contributed by atoms with Crippen molar-refractivity contribution >= 4 is 23.1 Å². The Morgan fingerprint density at radius 2 is 0.854 bits per heavy atom. The van der Waals surface area contributed by atoms with E-state index in [9.17, 15) is 24.3 Å². The van der Waals surface area contributed by atoms with Gasteiger partial charge in [-0.05, 0) is 5.41 Å². The molecule has 0 aromatic carbocycles. The molecule has 0 saturated carbocycles. The monoisotopic (exact) mass is 586 g/mol. The minimum Gasteiger partial charge on any atom is -0.402 e. The van der Waals surface area contributed by atoms with Crippen LogP contribution in [0.25, 0.3) is 0 Å². The Labute approximate surface area is 255 Å². The van der Waals surface area contributed by atoms with E-state index in [0.29, 0.717) is 5.70 Å². The fourth-order valence-electron chi connectivity index (χ4n) is 2.04. The van der Waals surface area contributed by atoms with Crippen molar-refractivity contribution in [3.8, 4) is 0 Å². The second-order valence-corrected chi connectivity index (χ2v) is 16.7. The van der Waals surface area contributed by atoms with Gasteiger partial charge in [0, 0.05) is 45.3 Å². The van der Waals surface area contributed by atoms with Gasteiger partial charge >= 0.3 is 0 Å². The summed E-state index contributed by atoms with van der Waals surface area (Å²) in [6.45, 7) is 34.1. The lowest BCUT2D eigenvalue weighted by Crippen LogP contribution is -2.32. The normalized spacial score (nSPS) is 13.6. The number of ketones is 4. The summed E-state index contributed by atoms with van der Waals surface area (Å²) in [4.78, 5) is 46.1. The van der Waals surface area contributed by atoms with E-state index >= 15 is 0 Å². The van der Waals surface area contributed by atoms with Crippen molar-refractivity contribution in [3.63, 3.8) is 0 Å². The molecule has 1 atom stereocenters. The van der Waals surface area contributed by atoms with Gasteiger partial charge in [0.05, 0.1) is 12.5 Å². The van der Waals surface area contributed by atoms with E-state index in [1.807, 2.05) is 125 Å². The van der Waals surface area contributed by atoms with Crippen LogP contribution in [0.4, 0.5) is 0 Å². The van der Waals surface area contributed by atoms with Crippen LogP contribution in [-0.2, 0) is 19.2 Å². The zero-order valence-electron chi connectivity index (χ0n) is 28.7. The van der Waals surface area contributed by atoms with Gasteiger partial charge in [-0.3, -0.25) is 19.2 Å². The average molecular weight is 586 g/mol. The fourth-order valence-corrected chi connectivity index (χ4v) is 2.04. The maximum atomic E-state index is 11.6. The molecule has 0 amide bonds. The Bertz CT molecular complexity index is 829. The van der Waals surface area contributed by atoms with Gasteiger partial charge in [0.1, 0.15) is 17.3 Å². The summed E-state index contributed by atoms with van der Waals surface area (Å²) in [6, 6.07) is 0. The lowest BCUT2D eigenvalue weighted by atomic mass is 9.81. The van der Waals surface area contributed by atoms with E-state index < -0.39 is 16.9 Å². The maximum Gasteiger partial charge on any atom is 0.162 e. The van der Waals surface area contributed by atoms with Crippen molar-refractivity contribution in [2.24, 2.45) is 38.2 Å². The van der Waals surface area contributed by atoms with Crippen molar-refractivity contribution in [1.82, 2.24) is 0 Å². The molecular weight excluding hydrogens is 514 g/mol. The molecule has 0 aromatic heterocycles. The highest BCUT2D eigenvalue weighted by Crippen LogP contribution is 2.26. The lowest BCUT2D eigenvalue weighted by molar-refractivity contribution is -0.135. The molecule has 0 radical (unpaired) electrons. The van der Waals surface area contributed by atoms with Gasteiger partial charge < -0.3 is 10.8 Å². The first-order valence-corrected chi connectivity index (χ1v) is 13.9. The van der Waals surface area contributed by atoms with Gasteiger partial charge in [-0.1, -0.05) is 139 Å². The zero-order chi connectivity index (χ0) is 32.6. The third-order valence-electron chi connectivity index (χ3n) is 6.10. The molecule has 246 valence electrons. The van der Waals surface area contributed by atoms with Crippen LogP contribution >= 0.6 is 0 Å². The predicted molar refractivity (Wildman–Crippen MR) is 178 cm³/mol. The summed E-state index contributed by atoms with van der Waals surface area (Å²) in [7, 11) is 0. The van der Waals surface area contributed by atoms with Crippen molar-refractivity contribution in [2.45, 2.75) is 158 Å². The Morgan fingerprint density at radius 1 is 0.561 bits per heavy atom. The fraction of sp³-hybridized carbons (Fsp3) is 0.829. The summed E-state index contributed by atoms with van der Waals surface area (Å²) in [5, 5.41) is 9.70. The van der Waals surface area contributed by atoms with Gasteiger partial charge in [0.15, 0.2) is 5.78 Å². The molecule has 0 aromatic rings. The highest BCUT2D eigenvalue weighted by atomic mass is 16.3. The number of aliphatic hydroxyl groups excluding tert-OH is 1. The molecule has 0 bridgehead atoms. The van der Waals surface area contributed by atoms with Crippen LogP contribution in [0.3, 0.4) is 0 Å². The van der Waals surface area contributed by atoms with Gasteiger partial charge in [-0.15, -0.1) is 0 Å². The van der Waals surface area contributed by atoms with E-state index in [1.54, 1.807) is 6.08 Å². The predicted octanol–water partition coefficient (Wildman–Crippen LogP) is 8.77. The van der Waals surface area contributed by atoms with Gasteiger partial charge in [0.25, 0.3) is 0 Å². The maximum absolute atomic E-state index is 11.6. The minimum atomic E-state index is -0.542. The van der Waals surface area contributed by atoms with E-state index in [4.69, 9.17) is 5.73 Å². The second kappa shape index (κ2) is 17.3. The molecule has 0 rings (SSSR count). The molecule has 1 unspecified atom stereocenters. The number of carbonyl (C=O) groups excluding carboxylic acids is 4. The minimum absolute atomic E-state index is 0. The van der Waals surface area contributed by atoms with E-state index in [2.05, 4.69) is 0 Å². The number of aliphatic hydroxyl groups is 1. The summed E-state index contributed by atoms with van der Waals surface area (Å²) in [5.41, 5.74) is 4.62. The number of rotatable bonds is 5. The largest absolute Gasteiger partial charge is 0.402 e. The Hall–Kier alpha value is -1.82. The zero-order valence-corrected chi connectivity index (χ0v) is 28.7. The molecular formula is C35H71NO5. The number of hydrogen-bond acceptors (Lipinski definition) is 6. The number of allylic oxidation sites excluding steroid dienone is 2. The quantitative estimate of drug-likeness (QED) is 0.246. The Balaban J connectivity index is -0.000000154. The molecule has 3 N–H and O–H groups in total. The lowest BCUT2D eigenvalue weighted by Gasteiger charge is -2.27.